The van der Waals surface area contributed by atoms with Gasteiger partial charge in [0.2, 0.25) is 5.88 Å². The Hall–Kier alpha value is -1.10. The first-order valence-electron chi connectivity index (χ1n) is 3.75. The molecule has 2 aromatic rings. The van der Waals surface area contributed by atoms with E-state index in [1.54, 1.807) is 18.0 Å². The number of hydrogen-bond donors (Lipinski definition) is 0. The SMILES string of the molecule is COc1nccc2c(Br)n(C)nc12. The van der Waals surface area contributed by atoms with Gasteiger partial charge in [-0.15, -0.1) is 0 Å². The number of ether oxygens (including phenoxy) is 1. The number of pyridine rings is 1. The van der Waals surface area contributed by atoms with E-state index in [0.717, 1.165) is 15.5 Å². The normalized spacial score (nSPS) is 10.7. The van der Waals surface area contributed by atoms with Crippen LogP contribution >= 0.6 is 15.9 Å². The zero-order valence-corrected chi connectivity index (χ0v) is 8.87. The molecule has 0 saturated carbocycles. The van der Waals surface area contributed by atoms with Crippen molar-refractivity contribution in [1.29, 1.82) is 0 Å². The summed E-state index contributed by atoms with van der Waals surface area (Å²) in [4.78, 5) is 4.06. The van der Waals surface area contributed by atoms with Crippen molar-refractivity contribution in [2.24, 2.45) is 7.05 Å². The van der Waals surface area contributed by atoms with Crippen molar-refractivity contribution >= 4 is 26.8 Å². The van der Waals surface area contributed by atoms with E-state index in [2.05, 4.69) is 26.0 Å². The lowest BCUT2D eigenvalue weighted by Crippen LogP contribution is -1.90. The van der Waals surface area contributed by atoms with Crippen molar-refractivity contribution in [1.82, 2.24) is 14.8 Å². The molecule has 68 valence electrons. The average molecular weight is 242 g/mol. The predicted molar refractivity (Wildman–Crippen MR) is 52.8 cm³/mol. The Morgan fingerprint density at radius 1 is 1.54 bits per heavy atom. The van der Waals surface area contributed by atoms with Gasteiger partial charge in [-0.3, -0.25) is 4.68 Å². The molecular formula is C8H8BrN3O. The molecule has 5 heteroatoms. The quantitative estimate of drug-likeness (QED) is 0.764. The standard InChI is InChI=1S/C8H8BrN3O/c1-12-7(9)5-3-4-10-8(13-2)6(5)11-12/h3-4H,1-2H3. The molecule has 4 nitrogen and oxygen atoms in total. The van der Waals surface area contributed by atoms with Crippen LogP contribution in [0.1, 0.15) is 0 Å². The van der Waals surface area contributed by atoms with Crippen LogP contribution < -0.4 is 4.74 Å². The van der Waals surface area contributed by atoms with Gasteiger partial charge < -0.3 is 4.74 Å². The molecule has 13 heavy (non-hydrogen) atoms. The second kappa shape index (κ2) is 2.99. The second-order valence-corrected chi connectivity index (χ2v) is 3.38. The molecule has 0 spiro atoms. The molecule has 0 atom stereocenters. The van der Waals surface area contributed by atoms with Crippen LogP contribution in [-0.2, 0) is 7.05 Å². The van der Waals surface area contributed by atoms with Gasteiger partial charge in [0.1, 0.15) is 4.60 Å². The van der Waals surface area contributed by atoms with E-state index in [9.17, 15) is 0 Å². The van der Waals surface area contributed by atoms with E-state index in [-0.39, 0.29) is 0 Å². The zero-order chi connectivity index (χ0) is 9.42. The average Bonchev–Trinajstić information content (AvgIpc) is 2.43. The van der Waals surface area contributed by atoms with Crippen molar-refractivity contribution in [3.05, 3.63) is 16.9 Å². The summed E-state index contributed by atoms with van der Waals surface area (Å²) in [6.45, 7) is 0. The number of fused-ring (bicyclic) bond motifs is 1. The number of nitrogens with zero attached hydrogens (tertiary/aromatic N) is 3. The predicted octanol–water partition coefficient (Wildman–Crippen LogP) is 1.74. The molecule has 0 aromatic carbocycles. The molecule has 2 heterocycles. The summed E-state index contributed by atoms with van der Waals surface area (Å²) in [7, 11) is 3.45. The first-order valence-corrected chi connectivity index (χ1v) is 4.54. The second-order valence-electron chi connectivity index (χ2n) is 2.63. The maximum Gasteiger partial charge on any atom is 0.242 e. The lowest BCUT2D eigenvalue weighted by atomic mass is 10.3. The molecule has 0 saturated heterocycles. The Balaban J connectivity index is 2.84. The zero-order valence-electron chi connectivity index (χ0n) is 7.28. The Bertz CT molecular complexity index is 452. The van der Waals surface area contributed by atoms with E-state index in [1.807, 2.05) is 13.1 Å². The molecule has 0 N–H and O–H groups in total. The van der Waals surface area contributed by atoms with E-state index < -0.39 is 0 Å². The van der Waals surface area contributed by atoms with E-state index in [0.29, 0.717) is 5.88 Å². The van der Waals surface area contributed by atoms with Crippen LogP contribution in [0.5, 0.6) is 5.88 Å². The summed E-state index contributed by atoms with van der Waals surface area (Å²) in [6.07, 6.45) is 1.70. The first-order chi connectivity index (χ1) is 6.24. The molecule has 0 aliphatic heterocycles. The highest BCUT2D eigenvalue weighted by Gasteiger charge is 2.10. The van der Waals surface area contributed by atoms with Gasteiger partial charge in [0.05, 0.1) is 7.11 Å². The minimum absolute atomic E-state index is 0.554. The summed E-state index contributed by atoms with van der Waals surface area (Å²) in [5, 5.41) is 5.27. The van der Waals surface area contributed by atoms with Gasteiger partial charge in [-0.2, -0.15) is 5.10 Å². The molecule has 0 radical (unpaired) electrons. The molecule has 2 rings (SSSR count). The van der Waals surface area contributed by atoms with Gasteiger partial charge >= 0.3 is 0 Å². The fourth-order valence-corrected chi connectivity index (χ4v) is 1.61. The summed E-state index contributed by atoms with van der Waals surface area (Å²) >= 11 is 3.43. The molecule has 0 amide bonds. The maximum absolute atomic E-state index is 5.09. The summed E-state index contributed by atoms with van der Waals surface area (Å²) < 4.78 is 7.77. The van der Waals surface area contributed by atoms with Gasteiger partial charge in [0, 0.05) is 18.6 Å². The summed E-state index contributed by atoms with van der Waals surface area (Å²) in [5.41, 5.74) is 0.777. The van der Waals surface area contributed by atoms with Crippen LogP contribution in [0.3, 0.4) is 0 Å². The van der Waals surface area contributed by atoms with Gasteiger partial charge in [0.15, 0.2) is 5.52 Å². The number of halogens is 1. The Kier molecular flexibility index (Phi) is 1.95. The van der Waals surface area contributed by atoms with Crippen LogP contribution in [0.25, 0.3) is 10.9 Å². The largest absolute Gasteiger partial charge is 0.479 e. The Labute approximate surface area is 83.7 Å². The molecule has 0 bridgehead atoms. The van der Waals surface area contributed by atoms with Crippen molar-refractivity contribution in [2.45, 2.75) is 0 Å². The summed E-state index contributed by atoms with van der Waals surface area (Å²) in [5.74, 6) is 0.554. The van der Waals surface area contributed by atoms with Gasteiger partial charge in [-0.05, 0) is 22.0 Å². The number of rotatable bonds is 1. The third-order valence-electron chi connectivity index (χ3n) is 1.84. The van der Waals surface area contributed by atoms with Gasteiger partial charge in [-0.25, -0.2) is 4.98 Å². The lowest BCUT2D eigenvalue weighted by molar-refractivity contribution is 0.402. The van der Waals surface area contributed by atoms with Crippen molar-refractivity contribution < 1.29 is 4.74 Å². The number of hydrogen-bond acceptors (Lipinski definition) is 3. The van der Waals surface area contributed by atoms with E-state index in [4.69, 9.17) is 4.74 Å². The smallest absolute Gasteiger partial charge is 0.242 e. The maximum atomic E-state index is 5.09. The topological polar surface area (TPSA) is 39.9 Å². The third kappa shape index (κ3) is 1.19. The molecular weight excluding hydrogens is 234 g/mol. The van der Waals surface area contributed by atoms with Crippen molar-refractivity contribution in [3.8, 4) is 5.88 Å². The van der Waals surface area contributed by atoms with Crippen LogP contribution in [0.15, 0.2) is 16.9 Å². The lowest BCUT2D eigenvalue weighted by Gasteiger charge is -1.96. The van der Waals surface area contributed by atoms with E-state index in [1.165, 1.54) is 0 Å². The number of methoxy groups -OCH3 is 1. The van der Waals surface area contributed by atoms with Gasteiger partial charge in [0.25, 0.3) is 0 Å². The number of aryl methyl sites for hydroxylation is 1. The monoisotopic (exact) mass is 241 g/mol. The van der Waals surface area contributed by atoms with E-state index >= 15 is 0 Å². The van der Waals surface area contributed by atoms with Crippen molar-refractivity contribution in [2.75, 3.05) is 7.11 Å². The van der Waals surface area contributed by atoms with Crippen LogP contribution in [0, 0.1) is 0 Å². The molecule has 0 fully saturated rings. The highest BCUT2D eigenvalue weighted by molar-refractivity contribution is 9.10. The Morgan fingerprint density at radius 2 is 2.31 bits per heavy atom. The van der Waals surface area contributed by atoms with Gasteiger partial charge in [-0.1, -0.05) is 0 Å². The van der Waals surface area contributed by atoms with Crippen molar-refractivity contribution in [3.63, 3.8) is 0 Å². The molecule has 0 aliphatic carbocycles. The molecule has 2 aromatic heterocycles. The highest BCUT2D eigenvalue weighted by Crippen LogP contribution is 2.27. The highest BCUT2D eigenvalue weighted by atomic mass is 79.9. The fourth-order valence-electron chi connectivity index (χ4n) is 1.22. The van der Waals surface area contributed by atoms with Crippen LogP contribution in [0.4, 0.5) is 0 Å². The molecule has 0 aliphatic rings. The molecule has 0 unspecified atom stereocenters. The minimum atomic E-state index is 0.554. The number of aromatic nitrogens is 3. The van der Waals surface area contributed by atoms with Crippen LogP contribution in [0.2, 0.25) is 0 Å². The first kappa shape index (κ1) is 8.50. The fraction of sp³-hybridized carbons (Fsp3) is 0.250. The summed E-state index contributed by atoms with van der Waals surface area (Å²) in [6, 6.07) is 1.90. The Morgan fingerprint density at radius 3 is 3.00 bits per heavy atom. The third-order valence-corrected chi connectivity index (χ3v) is 2.78. The minimum Gasteiger partial charge on any atom is -0.479 e. The van der Waals surface area contributed by atoms with Crippen LogP contribution in [-0.4, -0.2) is 21.9 Å².